The molecule has 0 atom stereocenters. The number of ether oxygens (including phenoxy) is 1. The lowest BCUT2D eigenvalue weighted by molar-refractivity contribution is 0.414. The summed E-state index contributed by atoms with van der Waals surface area (Å²) >= 11 is 0. The molecule has 0 saturated heterocycles. The van der Waals surface area contributed by atoms with Crippen LogP contribution in [0.5, 0.6) is 5.75 Å². The van der Waals surface area contributed by atoms with E-state index in [-0.39, 0.29) is 4.90 Å². The van der Waals surface area contributed by atoms with E-state index in [0.717, 1.165) is 5.56 Å². The molecule has 2 rings (SSSR count). The van der Waals surface area contributed by atoms with Gasteiger partial charge in [-0.05, 0) is 31.2 Å². The highest BCUT2D eigenvalue weighted by Crippen LogP contribution is 2.19. The lowest BCUT2D eigenvalue weighted by Crippen LogP contribution is -2.13. The van der Waals surface area contributed by atoms with Gasteiger partial charge in [0.1, 0.15) is 11.6 Å². The number of rotatable bonds is 4. The second-order valence-electron chi connectivity index (χ2n) is 3.71. The molecule has 2 aromatic rings. The Hall–Kier alpha value is -2.02. The lowest BCUT2D eigenvalue weighted by Gasteiger charge is -2.07. The number of methoxy groups -OCH3 is 1. The fraction of sp³-hybridized carbons (Fsp3) is 0.182. The van der Waals surface area contributed by atoms with E-state index in [1.54, 1.807) is 25.3 Å². The molecule has 0 aliphatic carbocycles. The molecule has 0 amide bonds. The number of aromatic amines is 1. The normalized spacial score (nSPS) is 11.2. The predicted octanol–water partition coefficient (Wildman–Crippen LogP) is 1.53. The van der Waals surface area contributed by atoms with Crippen LogP contribution >= 0.6 is 0 Å². The smallest absolute Gasteiger partial charge is 0.263 e. The minimum atomic E-state index is -3.61. The summed E-state index contributed by atoms with van der Waals surface area (Å²) in [7, 11) is -2.08. The van der Waals surface area contributed by atoms with Gasteiger partial charge in [0.15, 0.2) is 0 Å². The third-order valence-corrected chi connectivity index (χ3v) is 3.80. The molecule has 0 radical (unpaired) electrons. The maximum atomic E-state index is 12.1. The molecular weight excluding hydrogens is 254 g/mol. The van der Waals surface area contributed by atoms with Gasteiger partial charge in [0.25, 0.3) is 10.0 Å². The number of aryl methyl sites for hydroxylation is 1. The number of hydrogen-bond donors (Lipinski definition) is 2. The Bertz CT molecular complexity index is 632. The third kappa shape index (κ3) is 2.45. The SMILES string of the molecule is COc1ccc(S(=O)(=O)Nc2[nH]ncc2C)cc1. The number of nitrogens with one attached hydrogen (secondary N) is 2. The average molecular weight is 267 g/mol. The molecule has 1 aromatic carbocycles. The summed E-state index contributed by atoms with van der Waals surface area (Å²) in [4.78, 5) is 0.164. The summed E-state index contributed by atoms with van der Waals surface area (Å²) in [5.41, 5.74) is 0.729. The molecule has 0 aliphatic rings. The van der Waals surface area contributed by atoms with Crippen LogP contribution in [0.4, 0.5) is 5.82 Å². The molecule has 6 nitrogen and oxygen atoms in total. The Morgan fingerprint density at radius 3 is 2.44 bits per heavy atom. The van der Waals surface area contributed by atoms with Crippen LogP contribution in [0.25, 0.3) is 0 Å². The van der Waals surface area contributed by atoms with E-state index in [1.165, 1.54) is 19.2 Å². The standard InChI is InChI=1S/C11H13N3O3S/c1-8-7-12-13-11(8)14-18(15,16)10-5-3-9(17-2)4-6-10/h3-7H,1-2H3,(H2,12,13,14). The van der Waals surface area contributed by atoms with Gasteiger partial charge in [-0.1, -0.05) is 0 Å². The molecule has 0 saturated carbocycles. The minimum Gasteiger partial charge on any atom is -0.497 e. The molecule has 2 N–H and O–H groups in total. The second-order valence-corrected chi connectivity index (χ2v) is 5.39. The van der Waals surface area contributed by atoms with E-state index in [0.29, 0.717) is 11.6 Å². The molecule has 18 heavy (non-hydrogen) atoms. The van der Waals surface area contributed by atoms with Crippen molar-refractivity contribution in [1.82, 2.24) is 10.2 Å². The summed E-state index contributed by atoms with van der Waals surface area (Å²) in [5, 5.41) is 6.34. The van der Waals surface area contributed by atoms with Crippen molar-refractivity contribution in [3.63, 3.8) is 0 Å². The summed E-state index contributed by atoms with van der Waals surface area (Å²) in [6.07, 6.45) is 1.55. The van der Waals surface area contributed by atoms with Gasteiger partial charge in [-0.15, -0.1) is 0 Å². The molecule has 7 heteroatoms. The zero-order chi connectivity index (χ0) is 13.2. The Kier molecular flexibility index (Phi) is 3.24. The lowest BCUT2D eigenvalue weighted by atomic mass is 10.3. The summed E-state index contributed by atoms with van der Waals surface area (Å²) in [6, 6.07) is 6.14. The molecule has 0 bridgehead atoms. The van der Waals surface area contributed by atoms with Crippen LogP contribution < -0.4 is 9.46 Å². The van der Waals surface area contributed by atoms with Gasteiger partial charge < -0.3 is 4.74 Å². The van der Waals surface area contributed by atoms with Crippen LogP contribution in [0.15, 0.2) is 35.4 Å². The molecule has 0 unspecified atom stereocenters. The molecule has 0 spiro atoms. The Morgan fingerprint density at radius 2 is 1.94 bits per heavy atom. The number of nitrogens with zero attached hydrogens (tertiary/aromatic N) is 1. The maximum absolute atomic E-state index is 12.1. The largest absolute Gasteiger partial charge is 0.497 e. The Labute approximate surface area is 105 Å². The topological polar surface area (TPSA) is 84.1 Å². The first-order valence-corrected chi connectivity index (χ1v) is 6.68. The number of benzene rings is 1. The fourth-order valence-corrected chi connectivity index (χ4v) is 2.49. The van der Waals surface area contributed by atoms with E-state index < -0.39 is 10.0 Å². The fourth-order valence-electron chi connectivity index (χ4n) is 1.40. The van der Waals surface area contributed by atoms with Gasteiger partial charge >= 0.3 is 0 Å². The molecule has 0 fully saturated rings. The Morgan fingerprint density at radius 1 is 1.28 bits per heavy atom. The van der Waals surface area contributed by atoms with Crippen LogP contribution in [-0.4, -0.2) is 25.7 Å². The number of sulfonamides is 1. The number of anilines is 1. The molecule has 1 heterocycles. The zero-order valence-corrected chi connectivity index (χ0v) is 10.8. The number of hydrogen-bond acceptors (Lipinski definition) is 4. The van der Waals surface area contributed by atoms with Crippen molar-refractivity contribution in [2.75, 3.05) is 11.8 Å². The van der Waals surface area contributed by atoms with Crippen molar-refractivity contribution in [3.8, 4) is 5.75 Å². The first kappa shape index (κ1) is 12.4. The van der Waals surface area contributed by atoms with Crippen molar-refractivity contribution < 1.29 is 13.2 Å². The van der Waals surface area contributed by atoms with E-state index in [1.807, 2.05) is 0 Å². The second kappa shape index (κ2) is 4.69. The average Bonchev–Trinajstić information content (AvgIpc) is 2.74. The first-order valence-electron chi connectivity index (χ1n) is 5.20. The molecule has 1 aromatic heterocycles. The first-order chi connectivity index (χ1) is 8.53. The highest BCUT2D eigenvalue weighted by molar-refractivity contribution is 7.92. The van der Waals surface area contributed by atoms with Crippen LogP contribution in [0.1, 0.15) is 5.56 Å². The van der Waals surface area contributed by atoms with Crippen molar-refractivity contribution in [1.29, 1.82) is 0 Å². The van der Waals surface area contributed by atoms with Crippen LogP contribution in [-0.2, 0) is 10.0 Å². The Balaban J connectivity index is 2.28. The van der Waals surface area contributed by atoms with Crippen LogP contribution in [0.3, 0.4) is 0 Å². The van der Waals surface area contributed by atoms with Crippen molar-refractivity contribution >= 4 is 15.8 Å². The van der Waals surface area contributed by atoms with Gasteiger partial charge in [0.2, 0.25) is 0 Å². The zero-order valence-electron chi connectivity index (χ0n) is 9.97. The van der Waals surface area contributed by atoms with Crippen LogP contribution in [0, 0.1) is 6.92 Å². The number of aromatic nitrogens is 2. The minimum absolute atomic E-state index is 0.164. The molecule has 0 aliphatic heterocycles. The van der Waals surface area contributed by atoms with Gasteiger partial charge in [-0.25, -0.2) is 8.42 Å². The number of H-pyrrole nitrogens is 1. The van der Waals surface area contributed by atoms with Crippen molar-refractivity contribution in [3.05, 3.63) is 36.0 Å². The van der Waals surface area contributed by atoms with Gasteiger partial charge in [0, 0.05) is 5.56 Å². The maximum Gasteiger partial charge on any atom is 0.263 e. The van der Waals surface area contributed by atoms with Gasteiger partial charge in [0.05, 0.1) is 18.2 Å². The molecule has 96 valence electrons. The quantitative estimate of drug-likeness (QED) is 0.879. The van der Waals surface area contributed by atoms with Gasteiger partial charge in [-0.3, -0.25) is 9.82 Å². The summed E-state index contributed by atoms with van der Waals surface area (Å²) in [5.74, 6) is 0.970. The highest BCUT2D eigenvalue weighted by atomic mass is 32.2. The third-order valence-electron chi connectivity index (χ3n) is 2.44. The summed E-state index contributed by atoms with van der Waals surface area (Å²) < 4.78 is 31.5. The van der Waals surface area contributed by atoms with Crippen molar-refractivity contribution in [2.24, 2.45) is 0 Å². The monoisotopic (exact) mass is 267 g/mol. The van der Waals surface area contributed by atoms with E-state index >= 15 is 0 Å². The predicted molar refractivity (Wildman–Crippen MR) is 67.1 cm³/mol. The summed E-state index contributed by atoms with van der Waals surface area (Å²) in [6.45, 7) is 1.76. The molecular formula is C11H13N3O3S. The highest BCUT2D eigenvalue weighted by Gasteiger charge is 2.15. The van der Waals surface area contributed by atoms with Crippen molar-refractivity contribution in [2.45, 2.75) is 11.8 Å². The van der Waals surface area contributed by atoms with E-state index in [9.17, 15) is 8.42 Å². The van der Waals surface area contributed by atoms with Gasteiger partial charge in [-0.2, -0.15) is 5.10 Å². The van der Waals surface area contributed by atoms with E-state index in [2.05, 4.69) is 14.9 Å². The van der Waals surface area contributed by atoms with Crippen LogP contribution in [0.2, 0.25) is 0 Å². The van der Waals surface area contributed by atoms with E-state index in [4.69, 9.17) is 4.74 Å².